The molecule has 1 unspecified atom stereocenters. The second-order valence-corrected chi connectivity index (χ2v) is 5.33. The number of hydrogen-bond donors (Lipinski definition) is 0. The van der Waals surface area contributed by atoms with E-state index in [0.29, 0.717) is 16.5 Å². The molecule has 1 atom stereocenters. The molecule has 0 N–H and O–H groups in total. The maximum absolute atomic E-state index is 12.9. The van der Waals surface area contributed by atoms with Crippen LogP contribution < -0.4 is 0 Å². The lowest BCUT2D eigenvalue weighted by Gasteiger charge is -2.12. The zero-order valence-electron chi connectivity index (χ0n) is 9.34. The van der Waals surface area contributed by atoms with Crippen molar-refractivity contribution in [1.82, 2.24) is 0 Å². The lowest BCUT2D eigenvalue weighted by Crippen LogP contribution is -1.97. The second-order valence-electron chi connectivity index (χ2n) is 3.96. The Balaban J connectivity index is 2.16. The van der Waals surface area contributed by atoms with E-state index in [1.807, 2.05) is 24.3 Å². The Kier molecular flexibility index (Phi) is 4.50. The van der Waals surface area contributed by atoms with Gasteiger partial charge in [0.2, 0.25) is 0 Å². The van der Waals surface area contributed by atoms with Gasteiger partial charge in [0, 0.05) is 10.0 Å². The summed E-state index contributed by atoms with van der Waals surface area (Å²) in [6.45, 7) is 0. The minimum atomic E-state index is -0.362. The molecule has 0 heterocycles. The molecule has 0 aromatic heterocycles. The van der Waals surface area contributed by atoms with Crippen LogP contribution in [0.5, 0.6) is 0 Å². The quantitative estimate of drug-likeness (QED) is 0.642. The van der Waals surface area contributed by atoms with E-state index in [1.54, 1.807) is 6.07 Å². The van der Waals surface area contributed by atoms with Crippen LogP contribution in [0.1, 0.15) is 16.5 Å². The zero-order valence-corrected chi connectivity index (χ0v) is 11.6. The van der Waals surface area contributed by atoms with E-state index in [9.17, 15) is 4.39 Å². The highest BCUT2D eigenvalue weighted by Gasteiger charge is 2.13. The molecule has 0 amide bonds. The standard InChI is InChI=1S/C14H10Cl3F/c15-10-3-1-9(2-4-10)7-13(16)12-6-5-11(18)8-14(12)17/h1-6,8,13H,7H2. The molecule has 0 aliphatic heterocycles. The van der Waals surface area contributed by atoms with Gasteiger partial charge in [0.15, 0.2) is 0 Å². The molecule has 0 radical (unpaired) electrons. The van der Waals surface area contributed by atoms with Crippen LogP contribution in [-0.4, -0.2) is 0 Å². The molecule has 4 heteroatoms. The third-order valence-electron chi connectivity index (χ3n) is 2.63. The maximum Gasteiger partial charge on any atom is 0.124 e. The molecule has 0 bridgehead atoms. The molecule has 94 valence electrons. The van der Waals surface area contributed by atoms with Crippen LogP contribution in [0.3, 0.4) is 0 Å². The molecule has 0 aliphatic carbocycles. The summed E-state index contributed by atoms with van der Waals surface area (Å²) in [4.78, 5) is 0. The highest BCUT2D eigenvalue weighted by molar-refractivity contribution is 6.32. The molecule has 0 fully saturated rings. The van der Waals surface area contributed by atoms with Crippen molar-refractivity contribution in [3.8, 4) is 0 Å². The molecule has 2 aromatic rings. The molecule has 0 saturated carbocycles. The van der Waals surface area contributed by atoms with Crippen molar-refractivity contribution in [2.75, 3.05) is 0 Å². The summed E-state index contributed by atoms with van der Waals surface area (Å²) in [5.41, 5.74) is 1.79. The second kappa shape index (κ2) is 5.92. The molecule has 2 aromatic carbocycles. The van der Waals surface area contributed by atoms with Crippen molar-refractivity contribution < 1.29 is 4.39 Å². The Hall–Kier alpha value is -0.760. The Morgan fingerprint density at radius 2 is 1.67 bits per heavy atom. The normalized spacial score (nSPS) is 12.4. The summed E-state index contributed by atoms with van der Waals surface area (Å²) >= 11 is 18.1. The van der Waals surface area contributed by atoms with Gasteiger partial charge in [-0.05, 0) is 41.8 Å². The maximum atomic E-state index is 12.9. The smallest absolute Gasteiger partial charge is 0.124 e. The predicted molar refractivity (Wildman–Crippen MR) is 75.2 cm³/mol. The largest absolute Gasteiger partial charge is 0.207 e. The summed E-state index contributed by atoms with van der Waals surface area (Å²) in [7, 11) is 0. The molecule has 0 aliphatic rings. The average Bonchev–Trinajstić information content (AvgIpc) is 2.32. The molecule has 0 nitrogen and oxygen atoms in total. The average molecular weight is 304 g/mol. The van der Waals surface area contributed by atoms with Crippen molar-refractivity contribution >= 4 is 34.8 Å². The minimum Gasteiger partial charge on any atom is -0.207 e. The minimum absolute atomic E-state index is 0.292. The van der Waals surface area contributed by atoms with E-state index in [2.05, 4.69) is 0 Å². The number of halogens is 4. The van der Waals surface area contributed by atoms with E-state index >= 15 is 0 Å². The number of alkyl halides is 1. The first kappa shape index (κ1) is 13.7. The van der Waals surface area contributed by atoms with E-state index < -0.39 is 0 Å². The highest BCUT2D eigenvalue weighted by Crippen LogP contribution is 2.31. The van der Waals surface area contributed by atoms with Crippen LogP contribution >= 0.6 is 34.8 Å². The van der Waals surface area contributed by atoms with Gasteiger partial charge in [0.05, 0.1) is 5.38 Å². The molecule has 0 spiro atoms. The first-order valence-corrected chi connectivity index (χ1v) is 6.59. The van der Waals surface area contributed by atoms with Crippen molar-refractivity contribution in [3.05, 3.63) is 69.5 Å². The van der Waals surface area contributed by atoms with Gasteiger partial charge in [0.1, 0.15) is 5.82 Å². The van der Waals surface area contributed by atoms with Crippen molar-refractivity contribution in [2.45, 2.75) is 11.8 Å². The van der Waals surface area contributed by atoms with Gasteiger partial charge in [0.25, 0.3) is 0 Å². The fourth-order valence-electron chi connectivity index (χ4n) is 1.69. The Morgan fingerprint density at radius 3 is 2.28 bits per heavy atom. The van der Waals surface area contributed by atoms with Crippen molar-refractivity contribution in [3.63, 3.8) is 0 Å². The van der Waals surface area contributed by atoms with Crippen LogP contribution in [0.4, 0.5) is 4.39 Å². The number of hydrogen-bond acceptors (Lipinski definition) is 0. The third-order valence-corrected chi connectivity index (χ3v) is 3.60. The van der Waals surface area contributed by atoms with E-state index in [1.165, 1.54) is 12.1 Å². The first-order chi connectivity index (χ1) is 8.56. The SMILES string of the molecule is Fc1ccc(C(Cl)Cc2ccc(Cl)cc2)c(Cl)c1. The Labute approximate surface area is 120 Å². The molecular weight excluding hydrogens is 294 g/mol. The van der Waals surface area contributed by atoms with Crippen molar-refractivity contribution in [2.24, 2.45) is 0 Å². The van der Waals surface area contributed by atoms with Crippen LogP contribution in [0.15, 0.2) is 42.5 Å². The molecule has 2 rings (SSSR count). The fourth-order valence-corrected chi connectivity index (χ4v) is 2.54. The van der Waals surface area contributed by atoms with Gasteiger partial charge < -0.3 is 0 Å². The third kappa shape index (κ3) is 3.38. The molecule has 0 saturated heterocycles. The van der Waals surface area contributed by atoms with Crippen LogP contribution in [0, 0.1) is 5.82 Å². The number of rotatable bonds is 3. The Bertz CT molecular complexity index is 537. The van der Waals surface area contributed by atoms with Gasteiger partial charge in [-0.25, -0.2) is 4.39 Å². The van der Waals surface area contributed by atoms with E-state index in [0.717, 1.165) is 11.1 Å². The lowest BCUT2D eigenvalue weighted by molar-refractivity contribution is 0.627. The summed E-state index contributed by atoms with van der Waals surface area (Å²) in [6, 6.07) is 11.7. The van der Waals surface area contributed by atoms with Crippen molar-refractivity contribution in [1.29, 1.82) is 0 Å². The highest BCUT2D eigenvalue weighted by atomic mass is 35.5. The van der Waals surface area contributed by atoms with Crippen LogP contribution in [0.2, 0.25) is 10.0 Å². The predicted octanol–water partition coefficient (Wildman–Crippen LogP) is 5.66. The summed E-state index contributed by atoms with van der Waals surface area (Å²) in [5, 5.41) is 0.743. The number of benzene rings is 2. The Morgan fingerprint density at radius 1 is 1.00 bits per heavy atom. The topological polar surface area (TPSA) is 0 Å². The van der Waals surface area contributed by atoms with Crippen LogP contribution in [-0.2, 0) is 6.42 Å². The van der Waals surface area contributed by atoms with Gasteiger partial charge in [-0.15, -0.1) is 11.6 Å². The summed E-state index contributed by atoms with van der Waals surface area (Å²) in [6.07, 6.45) is 0.615. The monoisotopic (exact) mass is 302 g/mol. The van der Waals surface area contributed by atoms with Gasteiger partial charge >= 0.3 is 0 Å². The van der Waals surface area contributed by atoms with Gasteiger partial charge in [-0.2, -0.15) is 0 Å². The molecular formula is C14H10Cl3F. The van der Waals surface area contributed by atoms with E-state index in [4.69, 9.17) is 34.8 Å². The molecule has 18 heavy (non-hydrogen) atoms. The van der Waals surface area contributed by atoms with E-state index in [-0.39, 0.29) is 11.2 Å². The van der Waals surface area contributed by atoms with Crippen LogP contribution in [0.25, 0.3) is 0 Å². The van der Waals surface area contributed by atoms with Gasteiger partial charge in [-0.1, -0.05) is 41.4 Å². The summed E-state index contributed by atoms with van der Waals surface area (Å²) in [5.74, 6) is -0.362. The zero-order chi connectivity index (χ0) is 13.1. The first-order valence-electron chi connectivity index (χ1n) is 5.40. The fraction of sp³-hybridized carbons (Fsp3) is 0.143. The van der Waals surface area contributed by atoms with Gasteiger partial charge in [-0.3, -0.25) is 0 Å². The summed E-state index contributed by atoms with van der Waals surface area (Å²) < 4.78 is 12.9. The lowest BCUT2D eigenvalue weighted by atomic mass is 10.0.